The molecule has 0 aliphatic heterocycles. The Hall–Kier alpha value is 1.87. The van der Waals surface area contributed by atoms with Crippen LogP contribution in [0.4, 0.5) is 0 Å². The average Bonchev–Trinajstić information content (AvgIpc) is 1.79. The van der Waals surface area contributed by atoms with Crippen LogP contribution >= 0.6 is 39.1 Å². The second kappa shape index (κ2) is 17.7. The summed E-state index contributed by atoms with van der Waals surface area (Å²) in [4.78, 5) is 108. The molecule has 0 rings (SSSR count). The summed E-state index contributed by atoms with van der Waals surface area (Å²) < 4.78 is 44.4. The molecule has 0 radical (unpaired) electrons. The van der Waals surface area contributed by atoms with Crippen LogP contribution in [0.25, 0.3) is 0 Å². The zero-order valence-corrected chi connectivity index (χ0v) is 18.1. The fraction of sp³-hybridized carbons (Fsp3) is 0. The van der Waals surface area contributed by atoms with E-state index in [1.54, 1.807) is 0 Å². The van der Waals surface area contributed by atoms with Crippen LogP contribution in [0, 0.1) is 39.9 Å². The minimum Gasteiger partial charge on any atom is -0.303 e. The number of hydrogen-bond donors (Lipinski definition) is 15. The van der Waals surface area contributed by atoms with Crippen LogP contribution < -0.4 is 0 Å². The molecule has 0 unspecified atom stereocenters. The maximum absolute atomic E-state index is 8.88. The molecule has 0 saturated heterocycles. The van der Waals surface area contributed by atoms with Gasteiger partial charge in [-0.2, -0.15) is 0 Å². The van der Waals surface area contributed by atoms with E-state index in [-0.39, 0.29) is 39.9 Å². The summed E-state index contributed by atoms with van der Waals surface area (Å²) in [6.45, 7) is 0. The summed E-state index contributed by atoms with van der Waals surface area (Å²) in [7, 11) is -23.2. The first-order valence-corrected chi connectivity index (χ1v) is 11.7. The normalized spacial score (nSPS) is 11.3. The van der Waals surface area contributed by atoms with Crippen LogP contribution in [0.2, 0.25) is 0 Å². The van der Waals surface area contributed by atoms with Crippen LogP contribution in [0.1, 0.15) is 0 Å². The molecule has 0 aliphatic carbocycles. The molecule has 0 spiro atoms. The van der Waals surface area contributed by atoms with Gasteiger partial charge >= 0.3 is 39.1 Å². The van der Waals surface area contributed by atoms with Gasteiger partial charge in [0.2, 0.25) is 0 Å². The van der Waals surface area contributed by atoms with Crippen molar-refractivity contribution >= 4 is 39.1 Å². The van der Waals surface area contributed by atoms with E-state index in [9.17, 15) is 0 Å². The Kier molecular flexibility index (Phi) is 28.7. The Morgan fingerprint density at radius 2 is 0.269 bits per heavy atom. The maximum Gasteiger partial charge on any atom is 0.466 e. The van der Waals surface area contributed by atoms with Gasteiger partial charge in [-0.05, 0) is 0 Å². The molecule has 0 aromatic heterocycles. The molecular formula is H15GdO20P5. The molecule has 0 heterocycles. The predicted octanol–water partition coefficient (Wildman–Crippen LogP) is -4.64. The maximum atomic E-state index is 8.88. The van der Waals surface area contributed by atoms with Crippen LogP contribution in [0.15, 0.2) is 0 Å². The Morgan fingerprint density at radius 3 is 0.269 bits per heavy atom. The second-order valence-corrected chi connectivity index (χ2v) is 7.70. The van der Waals surface area contributed by atoms with E-state index >= 15 is 0 Å². The molecule has 0 aromatic carbocycles. The number of hydrogen-bond acceptors (Lipinski definition) is 5. The van der Waals surface area contributed by atoms with Gasteiger partial charge in [0, 0.05) is 39.9 Å². The molecule has 168 valence electrons. The van der Waals surface area contributed by atoms with E-state index in [0.717, 1.165) is 0 Å². The Morgan fingerprint density at radius 1 is 0.269 bits per heavy atom. The molecular weight excluding hydrogens is 632 g/mol. The van der Waals surface area contributed by atoms with Crippen molar-refractivity contribution in [1.29, 1.82) is 0 Å². The monoisotopic (exact) mass is 648 g/mol. The molecule has 0 aromatic rings. The van der Waals surface area contributed by atoms with Gasteiger partial charge in [-0.1, -0.05) is 0 Å². The van der Waals surface area contributed by atoms with E-state index < -0.39 is 39.1 Å². The SMILES string of the molecule is O=P(O)(O)O.O=P(O)(O)O.O=P(O)(O)O.O=P(O)(O)O.O=P(O)(O)O.[Gd]. The first kappa shape index (κ1) is 42.1. The third-order valence-electron chi connectivity index (χ3n) is 0. The summed E-state index contributed by atoms with van der Waals surface area (Å²) in [6.07, 6.45) is 0. The van der Waals surface area contributed by atoms with Crippen molar-refractivity contribution in [3.63, 3.8) is 0 Å². The van der Waals surface area contributed by atoms with Crippen molar-refractivity contribution in [3.8, 4) is 0 Å². The summed E-state index contributed by atoms with van der Waals surface area (Å²) >= 11 is 0. The van der Waals surface area contributed by atoms with E-state index in [0.29, 0.717) is 0 Å². The Balaban J connectivity index is -0.0000000476. The van der Waals surface area contributed by atoms with E-state index in [4.69, 9.17) is 96.2 Å². The summed E-state index contributed by atoms with van der Waals surface area (Å²) in [6, 6.07) is 0. The molecule has 20 nitrogen and oxygen atoms in total. The quantitative estimate of drug-likeness (QED) is 0.110. The fourth-order valence-electron chi connectivity index (χ4n) is 0. The Labute approximate surface area is 174 Å². The van der Waals surface area contributed by atoms with Gasteiger partial charge in [0.1, 0.15) is 0 Å². The van der Waals surface area contributed by atoms with Crippen molar-refractivity contribution in [1.82, 2.24) is 0 Å². The standard InChI is InChI=1S/Gd.5H3O4P/c;5*1-5(2,3)4/h;5*(H3,1,2,3,4). The van der Waals surface area contributed by atoms with Gasteiger partial charge in [0.25, 0.3) is 0 Å². The minimum absolute atomic E-state index is 0. The zero-order chi connectivity index (χ0) is 22.5. The molecule has 0 atom stereocenters. The van der Waals surface area contributed by atoms with E-state index in [2.05, 4.69) is 0 Å². The van der Waals surface area contributed by atoms with E-state index in [1.807, 2.05) is 0 Å². The van der Waals surface area contributed by atoms with Gasteiger partial charge in [-0.3, -0.25) is 0 Å². The average molecular weight is 647 g/mol. The van der Waals surface area contributed by atoms with Gasteiger partial charge < -0.3 is 73.4 Å². The topological polar surface area (TPSA) is 389 Å². The number of phosphoric acid groups is 5. The van der Waals surface area contributed by atoms with Gasteiger partial charge in [0.05, 0.1) is 0 Å². The van der Waals surface area contributed by atoms with Gasteiger partial charge in [-0.25, -0.2) is 22.8 Å². The third kappa shape index (κ3) is 4560. The first-order valence-electron chi connectivity index (χ1n) is 3.91. The van der Waals surface area contributed by atoms with Crippen LogP contribution in [-0.4, -0.2) is 73.4 Å². The van der Waals surface area contributed by atoms with Crippen LogP contribution in [0.5, 0.6) is 0 Å². The molecule has 0 bridgehead atoms. The molecule has 26 heteroatoms. The Bertz CT molecular complexity index is 371. The van der Waals surface area contributed by atoms with Crippen molar-refractivity contribution in [3.05, 3.63) is 0 Å². The predicted molar refractivity (Wildman–Crippen MR) is 71.3 cm³/mol. The molecule has 0 amide bonds. The minimum atomic E-state index is -4.64. The number of rotatable bonds is 0. The van der Waals surface area contributed by atoms with Crippen molar-refractivity contribution in [2.24, 2.45) is 0 Å². The molecule has 15 N–H and O–H groups in total. The molecule has 0 fully saturated rings. The van der Waals surface area contributed by atoms with Gasteiger partial charge in [-0.15, -0.1) is 0 Å². The smallest absolute Gasteiger partial charge is 0.303 e. The van der Waals surface area contributed by atoms with Crippen LogP contribution in [0.3, 0.4) is 0 Å². The largest absolute Gasteiger partial charge is 0.466 e. The first-order chi connectivity index (χ1) is 10.0. The molecule has 0 aliphatic rings. The van der Waals surface area contributed by atoms with Crippen LogP contribution in [-0.2, 0) is 22.8 Å². The zero-order valence-electron chi connectivity index (χ0n) is 11.3. The molecule has 26 heavy (non-hydrogen) atoms. The molecule has 0 saturated carbocycles. The van der Waals surface area contributed by atoms with E-state index in [1.165, 1.54) is 0 Å². The third-order valence-corrected chi connectivity index (χ3v) is 0. The van der Waals surface area contributed by atoms with Crippen molar-refractivity contribution in [2.75, 3.05) is 0 Å². The summed E-state index contributed by atoms with van der Waals surface area (Å²) in [5, 5.41) is 0. The summed E-state index contributed by atoms with van der Waals surface area (Å²) in [5.74, 6) is 0. The van der Waals surface area contributed by atoms with Crippen molar-refractivity contribution in [2.45, 2.75) is 0 Å². The van der Waals surface area contributed by atoms with Gasteiger partial charge in [0.15, 0.2) is 0 Å². The fourth-order valence-corrected chi connectivity index (χ4v) is 0. The van der Waals surface area contributed by atoms with Crippen molar-refractivity contribution < 1.29 is 136 Å². The summed E-state index contributed by atoms with van der Waals surface area (Å²) in [5.41, 5.74) is 0. The second-order valence-electron chi connectivity index (χ2n) is 2.57.